The minimum Gasteiger partial charge on any atom is -0.220 e. The number of hydrogen-bond donors (Lipinski definition) is 1. The van der Waals surface area contributed by atoms with E-state index in [0.29, 0.717) is 5.82 Å². The van der Waals surface area contributed by atoms with Crippen LogP contribution in [0.3, 0.4) is 0 Å². The molecule has 7 nitrogen and oxygen atoms in total. The minimum absolute atomic E-state index is 0.554. The lowest BCUT2D eigenvalue weighted by atomic mass is 10.1. The molecule has 4 aromatic rings. The fraction of sp³-hybridized carbons (Fsp3) is 0.0625. The van der Waals surface area contributed by atoms with Gasteiger partial charge in [0.1, 0.15) is 5.69 Å². The smallest absolute Gasteiger partial charge is 0.204 e. The van der Waals surface area contributed by atoms with E-state index in [1.54, 1.807) is 4.68 Å². The van der Waals surface area contributed by atoms with Gasteiger partial charge in [-0.05, 0) is 35.9 Å². The van der Waals surface area contributed by atoms with Crippen LogP contribution in [0, 0.1) is 6.92 Å². The topological polar surface area (TPSA) is 85.2 Å². The normalized spacial score (nSPS) is 10.8. The van der Waals surface area contributed by atoms with Gasteiger partial charge in [-0.25, -0.2) is 4.68 Å². The second-order valence-corrected chi connectivity index (χ2v) is 5.20. The Morgan fingerprint density at radius 2 is 1.83 bits per heavy atom. The second kappa shape index (κ2) is 5.45. The van der Waals surface area contributed by atoms with Gasteiger partial charge < -0.3 is 0 Å². The molecule has 0 saturated carbocycles. The van der Waals surface area contributed by atoms with E-state index >= 15 is 0 Å². The van der Waals surface area contributed by atoms with E-state index in [0.717, 1.165) is 22.5 Å². The average molecular weight is 303 g/mol. The first-order valence-electron chi connectivity index (χ1n) is 7.13. The number of benzene rings is 2. The maximum atomic E-state index is 4.26. The Morgan fingerprint density at radius 3 is 2.65 bits per heavy atom. The van der Waals surface area contributed by atoms with Gasteiger partial charge in [-0.2, -0.15) is 5.21 Å². The number of H-pyrrole nitrogens is 1. The number of nitrogens with one attached hydrogen (secondary N) is 1. The monoisotopic (exact) mass is 303 g/mol. The van der Waals surface area contributed by atoms with Crippen molar-refractivity contribution in [3.8, 4) is 28.3 Å². The first kappa shape index (κ1) is 13.3. The zero-order valence-corrected chi connectivity index (χ0v) is 12.4. The number of rotatable bonds is 3. The quantitative estimate of drug-likeness (QED) is 0.628. The van der Waals surface area contributed by atoms with Crippen molar-refractivity contribution >= 4 is 0 Å². The van der Waals surface area contributed by atoms with Crippen LogP contribution in [0.2, 0.25) is 0 Å². The third-order valence-electron chi connectivity index (χ3n) is 3.52. The van der Waals surface area contributed by atoms with Crippen LogP contribution in [-0.2, 0) is 0 Å². The lowest BCUT2D eigenvalue weighted by Crippen LogP contribution is -1.94. The number of aryl methyl sites for hydroxylation is 1. The number of nitrogens with zero attached hydrogens (tertiary/aromatic N) is 6. The summed E-state index contributed by atoms with van der Waals surface area (Å²) in [4.78, 5) is 0. The summed E-state index contributed by atoms with van der Waals surface area (Å²) in [5, 5.41) is 22.5. The van der Waals surface area contributed by atoms with Crippen LogP contribution in [0.1, 0.15) is 5.56 Å². The molecular weight excluding hydrogens is 290 g/mol. The number of hydrogen-bond acceptors (Lipinski definition) is 5. The average Bonchev–Trinajstić information content (AvgIpc) is 3.27. The van der Waals surface area contributed by atoms with Crippen LogP contribution in [0.25, 0.3) is 28.3 Å². The van der Waals surface area contributed by atoms with E-state index in [-0.39, 0.29) is 0 Å². The van der Waals surface area contributed by atoms with Gasteiger partial charge in [-0.3, -0.25) is 0 Å². The molecule has 2 heterocycles. The van der Waals surface area contributed by atoms with Gasteiger partial charge in [0, 0.05) is 11.1 Å². The highest BCUT2D eigenvalue weighted by molar-refractivity contribution is 5.67. The SMILES string of the molecule is Cc1cccc(-n2cc(-c3cccc(-c4nn[nH]n4)c3)nn2)c1. The van der Waals surface area contributed by atoms with Crippen LogP contribution in [-0.4, -0.2) is 35.6 Å². The predicted molar refractivity (Wildman–Crippen MR) is 84.7 cm³/mol. The van der Waals surface area contributed by atoms with Crippen molar-refractivity contribution in [3.05, 3.63) is 60.3 Å². The molecule has 2 aromatic heterocycles. The zero-order chi connectivity index (χ0) is 15.6. The summed E-state index contributed by atoms with van der Waals surface area (Å²) >= 11 is 0. The first-order chi connectivity index (χ1) is 11.3. The molecule has 0 aliphatic heterocycles. The van der Waals surface area contributed by atoms with Crippen LogP contribution < -0.4 is 0 Å². The summed E-state index contributed by atoms with van der Waals surface area (Å²) in [5.74, 6) is 0.554. The number of aromatic nitrogens is 7. The summed E-state index contributed by atoms with van der Waals surface area (Å²) < 4.78 is 1.77. The first-order valence-corrected chi connectivity index (χ1v) is 7.13. The molecule has 112 valence electrons. The van der Waals surface area contributed by atoms with E-state index in [9.17, 15) is 0 Å². The fourth-order valence-corrected chi connectivity index (χ4v) is 2.39. The molecule has 0 saturated heterocycles. The maximum Gasteiger partial charge on any atom is 0.204 e. The van der Waals surface area contributed by atoms with Gasteiger partial charge in [0.15, 0.2) is 0 Å². The standard InChI is InChI=1S/C16H13N7/c1-11-4-2-7-14(8-11)23-10-15(17-22-23)12-5-3-6-13(9-12)16-18-20-21-19-16/h2-10H,1H3,(H,18,19,20,21). The van der Waals surface area contributed by atoms with Crippen LogP contribution in [0.4, 0.5) is 0 Å². The molecule has 0 atom stereocenters. The summed E-state index contributed by atoms with van der Waals surface area (Å²) in [6.45, 7) is 2.05. The van der Waals surface area contributed by atoms with E-state index < -0.39 is 0 Å². The Hall–Kier alpha value is -3.35. The molecule has 0 unspecified atom stereocenters. The second-order valence-electron chi connectivity index (χ2n) is 5.20. The molecule has 23 heavy (non-hydrogen) atoms. The van der Waals surface area contributed by atoms with Gasteiger partial charge in [-0.15, -0.1) is 15.3 Å². The Morgan fingerprint density at radius 1 is 0.957 bits per heavy atom. The van der Waals surface area contributed by atoms with Crippen molar-refractivity contribution in [2.24, 2.45) is 0 Å². The number of aromatic amines is 1. The minimum atomic E-state index is 0.554. The fourth-order valence-electron chi connectivity index (χ4n) is 2.39. The predicted octanol–water partition coefficient (Wildman–Crippen LogP) is 2.42. The molecule has 2 aromatic carbocycles. The summed E-state index contributed by atoms with van der Waals surface area (Å²) in [6, 6.07) is 15.9. The molecule has 0 bridgehead atoms. The Kier molecular flexibility index (Phi) is 3.16. The van der Waals surface area contributed by atoms with Crippen molar-refractivity contribution in [3.63, 3.8) is 0 Å². The molecule has 0 aliphatic carbocycles. The van der Waals surface area contributed by atoms with E-state index in [1.807, 2.05) is 42.6 Å². The van der Waals surface area contributed by atoms with Crippen molar-refractivity contribution in [2.75, 3.05) is 0 Å². The third-order valence-corrected chi connectivity index (χ3v) is 3.52. The highest BCUT2D eigenvalue weighted by Gasteiger charge is 2.08. The van der Waals surface area contributed by atoms with Crippen LogP contribution in [0.5, 0.6) is 0 Å². The lowest BCUT2D eigenvalue weighted by Gasteiger charge is -2.01. The molecule has 7 heteroatoms. The molecule has 1 N–H and O–H groups in total. The Labute approximate surface area is 132 Å². The highest BCUT2D eigenvalue weighted by Crippen LogP contribution is 2.23. The summed E-state index contributed by atoms with van der Waals surface area (Å²) in [5.41, 5.74) is 4.78. The maximum absolute atomic E-state index is 4.26. The highest BCUT2D eigenvalue weighted by atomic mass is 15.5. The third kappa shape index (κ3) is 2.59. The van der Waals surface area contributed by atoms with Crippen LogP contribution >= 0.6 is 0 Å². The van der Waals surface area contributed by atoms with Gasteiger partial charge in [0.05, 0.1) is 11.9 Å². The molecule has 0 amide bonds. The van der Waals surface area contributed by atoms with Crippen LogP contribution in [0.15, 0.2) is 54.7 Å². The van der Waals surface area contributed by atoms with Gasteiger partial charge >= 0.3 is 0 Å². The van der Waals surface area contributed by atoms with Gasteiger partial charge in [0.25, 0.3) is 0 Å². The molecule has 0 fully saturated rings. The summed E-state index contributed by atoms with van der Waals surface area (Å²) in [7, 11) is 0. The summed E-state index contributed by atoms with van der Waals surface area (Å²) in [6.07, 6.45) is 1.91. The van der Waals surface area contributed by atoms with Crippen molar-refractivity contribution in [1.29, 1.82) is 0 Å². The Balaban J connectivity index is 1.71. The van der Waals surface area contributed by atoms with Gasteiger partial charge in [0.2, 0.25) is 5.82 Å². The van der Waals surface area contributed by atoms with E-state index in [4.69, 9.17) is 0 Å². The van der Waals surface area contributed by atoms with Gasteiger partial charge in [-0.1, -0.05) is 35.5 Å². The number of tetrazole rings is 1. The largest absolute Gasteiger partial charge is 0.220 e. The molecule has 0 spiro atoms. The lowest BCUT2D eigenvalue weighted by molar-refractivity contribution is 0.803. The van der Waals surface area contributed by atoms with E-state index in [2.05, 4.69) is 50.0 Å². The molecular formula is C16H13N7. The van der Waals surface area contributed by atoms with Crippen molar-refractivity contribution in [1.82, 2.24) is 35.6 Å². The van der Waals surface area contributed by atoms with E-state index in [1.165, 1.54) is 5.56 Å². The Bertz CT molecular complexity index is 940. The van der Waals surface area contributed by atoms with Crippen molar-refractivity contribution in [2.45, 2.75) is 6.92 Å². The van der Waals surface area contributed by atoms with Crippen molar-refractivity contribution < 1.29 is 0 Å². The molecule has 0 radical (unpaired) electrons. The zero-order valence-electron chi connectivity index (χ0n) is 12.4. The molecule has 0 aliphatic rings. The molecule has 4 rings (SSSR count).